The maximum atomic E-state index is 14.6. The monoisotopic (exact) mass is 554 g/mol. The van der Waals surface area contributed by atoms with Crippen LogP contribution in [0.3, 0.4) is 0 Å². The van der Waals surface area contributed by atoms with Crippen molar-refractivity contribution in [1.82, 2.24) is 0 Å². The van der Waals surface area contributed by atoms with Crippen LogP contribution in [0.5, 0.6) is 11.5 Å². The van der Waals surface area contributed by atoms with E-state index in [1.807, 2.05) is 0 Å². The van der Waals surface area contributed by atoms with Gasteiger partial charge in [0.2, 0.25) is 0 Å². The van der Waals surface area contributed by atoms with Crippen molar-refractivity contribution in [3.8, 4) is 11.5 Å². The number of halogens is 6. The SMILES string of the molecule is Nc1cc(N)cc(COC(=O)/C=C/c2ccc(OC(F)(F)c3ccc(OCCCC(F)(F)F)cc3F)cc2)c1. The minimum atomic E-state index is -4.35. The summed E-state index contributed by atoms with van der Waals surface area (Å²) in [6.07, 6.45) is -7.33. The van der Waals surface area contributed by atoms with Crippen LogP contribution in [-0.4, -0.2) is 18.8 Å². The van der Waals surface area contributed by atoms with Crippen LogP contribution < -0.4 is 20.9 Å². The Morgan fingerprint density at radius 1 is 0.872 bits per heavy atom. The molecule has 0 fully saturated rings. The van der Waals surface area contributed by atoms with E-state index in [1.165, 1.54) is 30.3 Å². The molecule has 0 bridgehead atoms. The van der Waals surface area contributed by atoms with E-state index in [2.05, 4.69) is 4.74 Å². The molecule has 0 amide bonds. The Hall–Kier alpha value is -4.35. The van der Waals surface area contributed by atoms with E-state index in [0.29, 0.717) is 28.6 Å². The van der Waals surface area contributed by atoms with Crippen molar-refractivity contribution < 1.29 is 45.3 Å². The molecule has 39 heavy (non-hydrogen) atoms. The van der Waals surface area contributed by atoms with Crippen LogP contribution in [0, 0.1) is 5.82 Å². The second-order valence-corrected chi connectivity index (χ2v) is 8.35. The first kappa shape index (κ1) is 29.2. The molecule has 0 unspecified atom stereocenters. The molecule has 208 valence electrons. The summed E-state index contributed by atoms with van der Waals surface area (Å²) in [4.78, 5) is 12.0. The maximum Gasteiger partial charge on any atom is 0.429 e. The molecule has 0 atom stereocenters. The van der Waals surface area contributed by atoms with Crippen LogP contribution in [0.4, 0.5) is 37.7 Å². The fraction of sp³-hybridized carbons (Fsp3) is 0.222. The van der Waals surface area contributed by atoms with Gasteiger partial charge in [-0.25, -0.2) is 9.18 Å². The van der Waals surface area contributed by atoms with Gasteiger partial charge in [-0.2, -0.15) is 22.0 Å². The molecule has 0 saturated carbocycles. The lowest BCUT2D eigenvalue weighted by atomic mass is 10.1. The second-order valence-electron chi connectivity index (χ2n) is 8.35. The molecule has 3 aromatic rings. The normalized spacial score (nSPS) is 11.9. The number of anilines is 2. The lowest BCUT2D eigenvalue weighted by Gasteiger charge is -2.19. The number of rotatable bonds is 11. The van der Waals surface area contributed by atoms with E-state index in [4.69, 9.17) is 20.9 Å². The molecule has 0 aliphatic heterocycles. The smallest absolute Gasteiger partial charge is 0.429 e. The van der Waals surface area contributed by atoms with Gasteiger partial charge in [0.05, 0.1) is 6.61 Å². The van der Waals surface area contributed by atoms with Gasteiger partial charge in [-0.3, -0.25) is 0 Å². The summed E-state index contributed by atoms with van der Waals surface area (Å²) in [6.45, 7) is -0.414. The van der Waals surface area contributed by atoms with Crippen molar-refractivity contribution in [2.75, 3.05) is 18.1 Å². The number of nitrogens with two attached hydrogens (primary N) is 2. The summed E-state index contributed by atoms with van der Waals surface area (Å²) < 4.78 is 94.7. The number of hydrogen-bond acceptors (Lipinski definition) is 6. The lowest BCUT2D eigenvalue weighted by molar-refractivity contribution is -0.187. The van der Waals surface area contributed by atoms with Crippen LogP contribution >= 0.6 is 0 Å². The Labute approximate surface area is 219 Å². The Kier molecular flexibility index (Phi) is 9.33. The summed E-state index contributed by atoms with van der Waals surface area (Å²) in [5, 5.41) is 0. The Morgan fingerprint density at radius 3 is 2.13 bits per heavy atom. The minimum Gasteiger partial charge on any atom is -0.493 e. The molecule has 0 heterocycles. The van der Waals surface area contributed by atoms with Gasteiger partial charge < -0.3 is 25.7 Å². The highest BCUT2D eigenvalue weighted by Crippen LogP contribution is 2.34. The van der Waals surface area contributed by atoms with Gasteiger partial charge in [0.25, 0.3) is 0 Å². The molecule has 0 aromatic heterocycles. The second kappa shape index (κ2) is 12.5. The van der Waals surface area contributed by atoms with Crippen LogP contribution in [0.25, 0.3) is 6.08 Å². The summed E-state index contributed by atoms with van der Waals surface area (Å²) in [5.74, 6) is -2.50. The van der Waals surface area contributed by atoms with Crippen molar-refractivity contribution in [1.29, 1.82) is 0 Å². The lowest BCUT2D eigenvalue weighted by Crippen LogP contribution is -2.23. The average molecular weight is 554 g/mol. The maximum absolute atomic E-state index is 14.6. The first-order valence-electron chi connectivity index (χ1n) is 11.5. The van der Waals surface area contributed by atoms with Crippen LogP contribution in [0.1, 0.15) is 29.5 Å². The van der Waals surface area contributed by atoms with Gasteiger partial charge in [-0.1, -0.05) is 12.1 Å². The number of nitrogen functional groups attached to an aromatic ring is 2. The first-order chi connectivity index (χ1) is 18.3. The van der Waals surface area contributed by atoms with Crippen molar-refractivity contribution in [3.05, 3.63) is 89.2 Å². The summed E-state index contributed by atoms with van der Waals surface area (Å²) >= 11 is 0. The van der Waals surface area contributed by atoms with Gasteiger partial charge in [0, 0.05) is 29.9 Å². The summed E-state index contributed by atoms with van der Waals surface area (Å²) in [6, 6.07) is 12.4. The molecular weight excluding hydrogens is 530 g/mol. The predicted molar refractivity (Wildman–Crippen MR) is 132 cm³/mol. The molecule has 0 aliphatic carbocycles. The van der Waals surface area contributed by atoms with Crippen molar-refractivity contribution >= 4 is 23.4 Å². The number of hydrogen-bond donors (Lipinski definition) is 2. The quantitative estimate of drug-likeness (QED) is 0.0912. The molecule has 4 N–H and O–H groups in total. The summed E-state index contributed by atoms with van der Waals surface area (Å²) in [5.41, 5.74) is 12.2. The predicted octanol–water partition coefficient (Wildman–Crippen LogP) is 6.60. The molecular formula is C27H24F6N2O4. The zero-order valence-electron chi connectivity index (χ0n) is 20.3. The van der Waals surface area contributed by atoms with Crippen molar-refractivity contribution in [2.24, 2.45) is 0 Å². The standard InChI is InChI=1S/C27H24F6N2O4/c28-24-15-22(37-11-1-10-26(29,30)31)7-8-23(24)27(32,33)39-21-5-2-17(3-6-21)4-9-25(36)38-16-18-12-19(34)14-20(35)13-18/h2-9,12-15H,1,10-11,16,34-35H2/b9-4+. The third-order valence-corrected chi connectivity index (χ3v) is 5.08. The van der Waals surface area contributed by atoms with E-state index in [9.17, 15) is 31.1 Å². The van der Waals surface area contributed by atoms with E-state index in [-0.39, 0.29) is 31.1 Å². The number of benzene rings is 3. The highest BCUT2D eigenvalue weighted by molar-refractivity contribution is 5.87. The molecule has 0 spiro atoms. The molecule has 3 aromatic carbocycles. The number of carbonyl (C=O) groups excluding carboxylic acids is 1. The zero-order valence-corrected chi connectivity index (χ0v) is 20.3. The van der Waals surface area contributed by atoms with Crippen LogP contribution in [0.15, 0.2) is 66.7 Å². The molecule has 0 aliphatic rings. The number of esters is 1. The molecule has 0 saturated heterocycles. The third kappa shape index (κ3) is 9.47. The van der Waals surface area contributed by atoms with E-state index >= 15 is 0 Å². The van der Waals surface area contributed by atoms with Crippen molar-refractivity contribution in [2.45, 2.75) is 31.7 Å². The zero-order chi connectivity index (χ0) is 28.6. The Balaban J connectivity index is 1.54. The molecule has 12 heteroatoms. The van der Waals surface area contributed by atoms with Gasteiger partial charge in [-0.15, -0.1) is 0 Å². The average Bonchev–Trinajstić information content (AvgIpc) is 2.83. The van der Waals surface area contributed by atoms with E-state index in [1.54, 1.807) is 18.2 Å². The Bertz CT molecular complexity index is 1290. The van der Waals surface area contributed by atoms with E-state index < -0.39 is 36.1 Å². The number of ether oxygens (including phenoxy) is 3. The third-order valence-electron chi connectivity index (χ3n) is 5.08. The number of alkyl halides is 5. The van der Waals surface area contributed by atoms with Crippen molar-refractivity contribution in [3.63, 3.8) is 0 Å². The number of carbonyl (C=O) groups is 1. The fourth-order valence-electron chi connectivity index (χ4n) is 3.33. The topological polar surface area (TPSA) is 96.8 Å². The van der Waals surface area contributed by atoms with Gasteiger partial charge >= 0.3 is 18.3 Å². The molecule has 3 rings (SSSR count). The largest absolute Gasteiger partial charge is 0.493 e. The van der Waals surface area contributed by atoms with Gasteiger partial charge in [0.1, 0.15) is 29.5 Å². The van der Waals surface area contributed by atoms with Crippen LogP contribution in [0.2, 0.25) is 0 Å². The van der Waals surface area contributed by atoms with Gasteiger partial charge in [0.15, 0.2) is 0 Å². The first-order valence-corrected chi connectivity index (χ1v) is 11.5. The minimum absolute atomic E-state index is 0.0536. The summed E-state index contributed by atoms with van der Waals surface area (Å²) in [7, 11) is 0. The van der Waals surface area contributed by atoms with Gasteiger partial charge in [-0.05, 0) is 66.1 Å². The highest BCUT2D eigenvalue weighted by atomic mass is 19.4. The molecule has 0 radical (unpaired) electrons. The van der Waals surface area contributed by atoms with Crippen LogP contribution in [-0.2, 0) is 22.2 Å². The highest BCUT2D eigenvalue weighted by Gasteiger charge is 2.38. The Morgan fingerprint density at radius 2 is 1.51 bits per heavy atom. The fourth-order valence-corrected chi connectivity index (χ4v) is 3.33. The molecule has 6 nitrogen and oxygen atoms in total. The van der Waals surface area contributed by atoms with E-state index in [0.717, 1.165) is 18.2 Å².